The number of hydrogen-bond donors (Lipinski definition) is 4. The molecule has 0 aliphatic heterocycles. The summed E-state index contributed by atoms with van der Waals surface area (Å²) in [6.07, 6.45) is -8.27. The first-order chi connectivity index (χ1) is 12.0. The second-order valence-electron chi connectivity index (χ2n) is 5.40. The number of esters is 1. The maximum atomic E-state index is 12.1. The zero-order valence-corrected chi connectivity index (χ0v) is 14.0. The fourth-order valence-electron chi connectivity index (χ4n) is 2.06. The number of benzene rings is 1. The number of aromatic nitrogens is 2. The lowest BCUT2D eigenvalue weighted by Gasteiger charge is -2.21. The molecule has 2 aromatic rings. The summed E-state index contributed by atoms with van der Waals surface area (Å²) in [5.74, 6) is -2.49. The van der Waals surface area contributed by atoms with Crippen LogP contribution in [0.5, 0.6) is 5.75 Å². The summed E-state index contributed by atoms with van der Waals surface area (Å²) in [7, 11) is 0. The molecule has 0 spiro atoms. The van der Waals surface area contributed by atoms with Crippen LogP contribution >= 0.6 is 11.6 Å². The highest BCUT2D eigenvalue weighted by Gasteiger charge is 2.43. The number of aromatic amines is 1. The van der Waals surface area contributed by atoms with Gasteiger partial charge in [-0.3, -0.25) is 5.10 Å². The minimum absolute atomic E-state index is 0.144. The van der Waals surface area contributed by atoms with Gasteiger partial charge in [0.05, 0.1) is 11.2 Å². The summed E-state index contributed by atoms with van der Waals surface area (Å²) < 4.78 is 45.4. The molecule has 2 rings (SSSR count). The number of carbonyl (C=O) groups excluding carboxylic acids is 1. The first kappa shape index (κ1) is 20.2. The van der Waals surface area contributed by atoms with Crippen LogP contribution in [0, 0.1) is 0 Å². The van der Waals surface area contributed by atoms with Gasteiger partial charge in [0.1, 0.15) is 24.0 Å². The Morgan fingerprint density at radius 1 is 1.46 bits per heavy atom. The Balaban J connectivity index is 2.16. The smallest absolute Gasteiger partial charge is 0.488 e. The molecular weight excluding hydrogens is 383 g/mol. The van der Waals surface area contributed by atoms with Crippen LogP contribution in [0.4, 0.5) is 13.2 Å². The zero-order chi connectivity index (χ0) is 19.6. The van der Waals surface area contributed by atoms with Crippen molar-refractivity contribution in [3.8, 4) is 5.75 Å². The van der Waals surface area contributed by atoms with Crippen LogP contribution < -0.4 is 10.5 Å². The maximum Gasteiger partial charge on any atom is 0.491 e. The predicted octanol–water partition coefficient (Wildman–Crippen LogP) is 1.40. The van der Waals surface area contributed by atoms with Crippen molar-refractivity contribution in [1.29, 1.82) is 0 Å². The van der Waals surface area contributed by atoms with Crippen LogP contribution in [-0.4, -0.2) is 51.6 Å². The number of aliphatic hydroxyl groups excluding tert-OH is 2. The highest BCUT2D eigenvalue weighted by molar-refractivity contribution is 6.35. The lowest BCUT2D eigenvalue weighted by molar-refractivity contribution is -0.232. The van der Waals surface area contributed by atoms with Gasteiger partial charge in [-0.05, 0) is 13.0 Å². The molecule has 1 heterocycles. The molecule has 0 saturated carbocycles. The molecule has 0 saturated heterocycles. The van der Waals surface area contributed by atoms with E-state index in [1.54, 1.807) is 6.92 Å². The van der Waals surface area contributed by atoms with Gasteiger partial charge in [-0.15, -0.1) is 0 Å². The van der Waals surface area contributed by atoms with Gasteiger partial charge in [0.25, 0.3) is 0 Å². The number of nitrogens with zero attached hydrogens (tertiary/aromatic N) is 1. The van der Waals surface area contributed by atoms with Crippen LogP contribution in [0.3, 0.4) is 0 Å². The second kappa shape index (κ2) is 7.66. The standard InChI is InChI=1S/C14H15ClF3N3O5/c1-5(19)6-2-8(15)7-3-20-21-10(7)11(6)25-4-9(22)12(23)26-13(24)14(16,17)18/h2-3,5,9,12,22-23H,4,19H2,1H3,(H,20,21). The summed E-state index contributed by atoms with van der Waals surface area (Å²) in [6.45, 7) is 0.943. The van der Waals surface area contributed by atoms with Crippen molar-refractivity contribution in [3.63, 3.8) is 0 Å². The molecule has 5 N–H and O–H groups in total. The van der Waals surface area contributed by atoms with Gasteiger partial charge in [0.15, 0.2) is 0 Å². The Hall–Kier alpha value is -2.08. The number of nitrogens with one attached hydrogen (secondary N) is 1. The van der Waals surface area contributed by atoms with E-state index in [1.807, 2.05) is 0 Å². The van der Waals surface area contributed by atoms with E-state index in [9.17, 15) is 28.2 Å². The molecule has 0 aliphatic carbocycles. The number of nitrogens with two attached hydrogens (primary N) is 1. The van der Waals surface area contributed by atoms with E-state index in [-0.39, 0.29) is 5.75 Å². The first-order valence-corrected chi connectivity index (χ1v) is 7.58. The number of aliphatic hydroxyl groups is 2. The van der Waals surface area contributed by atoms with Gasteiger partial charge in [-0.2, -0.15) is 18.3 Å². The third-order valence-corrected chi connectivity index (χ3v) is 3.66. The molecule has 1 aromatic carbocycles. The molecule has 0 aliphatic rings. The summed E-state index contributed by atoms with van der Waals surface area (Å²) in [4.78, 5) is 10.7. The van der Waals surface area contributed by atoms with Crippen LogP contribution in [0.2, 0.25) is 5.02 Å². The van der Waals surface area contributed by atoms with E-state index >= 15 is 0 Å². The molecule has 0 radical (unpaired) electrons. The normalized spacial score (nSPS) is 15.5. The van der Waals surface area contributed by atoms with E-state index in [0.29, 0.717) is 21.5 Å². The average molecular weight is 398 g/mol. The average Bonchev–Trinajstić information content (AvgIpc) is 3.02. The van der Waals surface area contributed by atoms with E-state index < -0.39 is 37.2 Å². The molecule has 26 heavy (non-hydrogen) atoms. The van der Waals surface area contributed by atoms with Crippen LogP contribution in [0.15, 0.2) is 12.3 Å². The highest BCUT2D eigenvalue weighted by Crippen LogP contribution is 2.36. The number of fused-ring (bicyclic) bond motifs is 1. The summed E-state index contributed by atoms with van der Waals surface area (Å²) in [6, 6.07) is 0.978. The molecule has 0 amide bonds. The van der Waals surface area contributed by atoms with Gasteiger partial charge in [-0.1, -0.05) is 11.6 Å². The maximum absolute atomic E-state index is 12.1. The minimum atomic E-state index is -5.30. The fourth-order valence-corrected chi connectivity index (χ4v) is 2.33. The Morgan fingerprint density at radius 3 is 2.69 bits per heavy atom. The lowest BCUT2D eigenvalue weighted by atomic mass is 10.1. The molecule has 8 nitrogen and oxygen atoms in total. The van der Waals surface area contributed by atoms with Gasteiger partial charge < -0.3 is 25.4 Å². The Labute approximate surface area is 149 Å². The second-order valence-corrected chi connectivity index (χ2v) is 5.80. The summed E-state index contributed by atoms with van der Waals surface area (Å²) >= 11 is 6.11. The number of carbonyl (C=O) groups is 1. The number of rotatable bonds is 6. The topological polar surface area (TPSA) is 131 Å². The van der Waals surface area contributed by atoms with Gasteiger partial charge in [-0.25, -0.2) is 4.79 Å². The highest BCUT2D eigenvalue weighted by atomic mass is 35.5. The SMILES string of the molecule is CC(N)c1cc(Cl)c2cn[nH]c2c1OCC(O)C(O)OC(=O)C(F)(F)F. The van der Waals surface area contributed by atoms with E-state index in [1.165, 1.54) is 12.3 Å². The summed E-state index contributed by atoms with van der Waals surface area (Å²) in [5, 5.41) is 26.4. The molecule has 3 unspecified atom stereocenters. The third kappa shape index (κ3) is 4.36. The molecule has 0 bridgehead atoms. The van der Waals surface area contributed by atoms with Crippen molar-refractivity contribution in [1.82, 2.24) is 10.2 Å². The molecule has 1 aromatic heterocycles. The van der Waals surface area contributed by atoms with E-state index in [2.05, 4.69) is 14.9 Å². The monoisotopic (exact) mass is 397 g/mol. The van der Waals surface area contributed by atoms with Crippen LogP contribution in [0.25, 0.3) is 10.9 Å². The molecule has 12 heteroatoms. The Kier molecular flexibility index (Phi) is 5.96. The number of hydrogen-bond acceptors (Lipinski definition) is 7. The Bertz CT molecular complexity index is 796. The van der Waals surface area contributed by atoms with Gasteiger partial charge in [0.2, 0.25) is 6.29 Å². The number of halogens is 4. The van der Waals surface area contributed by atoms with Gasteiger partial charge in [0, 0.05) is 17.0 Å². The lowest BCUT2D eigenvalue weighted by Crippen LogP contribution is -2.39. The van der Waals surface area contributed by atoms with Crippen LogP contribution in [-0.2, 0) is 9.53 Å². The number of ether oxygens (including phenoxy) is 2. The van der Waals surface area contributed by atoms with Crippen molar-refractivity contribution in [2.24, 2.45) is 5.73 Å². The number of alkyl halides is 3. The molecule has 0 fully saturated rings. The first-order valence-electron chi connectivity index (χ1n) is 7.20. The van der Waals surface area contributed by atoms with Crippen molar-refractivity contribution in [2.75, 3.05) is 6.61 Å². The molecule has 3 atom stereocenters. The van der Waals surface area contributed by atoms with E-state index in [4.69, 9.17) is 22.1 Å². The van der Waals surface area contributed by atoms with Crippen molar-refractivity contribution in [3.05, 3.63) is 22.8 Å². The quantitative estimate of drug-likeness (QED) is 0.428. The van der Waals surface area contributed by atoms with Crippen molar-refractivity contribution >= 4 is 28.5 Å². The fraction of sp³-hybridized carbons (Fsp3) is 0.429. The van der Waals surface area contributed by atoms with Gasteiger partial charge >= 0.3 is 12.1 Å². The Morgan fingerprint density at radius 2 is 2.12 bits per heavy atom. The van der Waals surface area contributed by atoms with Crippen LogP contribution in [0.1, 0.15) is 18.5 Å². The minimum Gasteiger partial charge on any atom is -0.488 e. The largest absolute Gasteiger partial charge is 0.491 e. The van der Waals surface area contributed by atoms with Crippen molar-refractivity contribution in [2.45, 2.75) is 31.5 Å². The third-order valence-electron chi connectivity index (χ3n) is 3.35. The number of H-pyrrole nitrogens is 1. The predicted molar refractivity (Wildman–Crippen MR) is 83.4 cm³/mol. The zero-order valence-electron chi connectivity index (χ0n) is 13.2. The summed E-state index contributed by atoms with van der Waals surface area (Å²) in [5.41, 5.74) is 6.62. The molecule has 144 valence electrons. The molecular formula is C14H15ClF3N3O5. The van der Waals surface area contributed by atoms with E-state index in [0.717, 1.165) is 0 Å². The van der Waals surface area contributed by atoms with Crippen molar-refractivity contribution < 1.29 is 37.7 Å².